The van der Waals surface area contributed by atoms with E-state index in [0.717, 1.165) is 12.8 Å². The zero-order valence-corrected chi connectivity index (χ0v) is 13.4. The van der Waals surface area contributed by atoms with E-state index < -0.39 is 12.0 Å². The molecule has 1 unspecified atom stereocenters. The Morgan fingerprint density at radius 2 is 2.04 bits per heavy atom. The smallest absolute Gasteiger partial charge is 0.306 e. The lowest BCUT2D eigenvalue weighted by atomic mass is 10.0. The minimum absolute atomic E-state index is 0.124. The van der Waals surface area contributed by atoms with Crippen molar-refractivity contribution in [2.75, 3.05) is 6.54 Å². The molecule has 2 aliphatic rings. The molecule has 2 amide bonds. The normalized spacial score (nSPS) is 27.0. The fourth-order valence-corrected chi connectivity index (χ4v) is 3.62. The van der Waals surface area contributed by atoms with Crippen LogP contribution >= 0.6 is 0 Å². The van der Waals surface area contributed by atoms with Gasteiger partial charge in [-0.3, -0.25) is 14.4 Å². The van der Waals surface area contributed by atoms with Crippen molar-refractivity contribution in [2.45, 2.75) is 50.6 Å². The maximum atomic E-state index is 12.6. The fourth-order valence-electron chi connectivity index (χ4n) is 3.62. The van der Waals surface area contributed by atoms with Gasteiger partial charge in [0.2, 0.25) is 5.91 Å². The molecule has 7 heteroatoms. The largest absolute Gasteiger partial charge is 0.481 e. The van der Waals surface area contributed by atoms with Gasteiger partial charge in [0.1, 0.15) is 6.04 Å². The Hall–Kier alpha value is -2.31. The van der Waals surface area contributed by atoms with E-state index in [1.54, 1.807) is 17.0 Å². The molecule has 0 aromatic carbocycles. The summed E-state index contributed by atoms with van der Waals surface area (Å²) >= 11 is 0. The molecular weight excluding hydrogens is 312 g/mol. The summed E-state index contributed by atoms with van der Waals surface area (Å²) in [6.07, 6.45) is 5.52. The highest BCUT2D eigenvalue weighted by molar-refractivity contribution is 5.95. The molecule has 0 bridgehead atoms. The predicted octanol–water partition coefficient (Wildman–Crippen LogP) is 1.64. The van der Waals surface area contributed by atoms with Gasteiger partial charge in [0.25, 0.3) is 5.91 Å². The van der Waals surface area contributed by atoms with Crippen molar-refractivity contribution in [3.63, 3.8) is 0 Å². The number of amides is 2. The van der Waals surface area contributed by atoms with Crippen LogP contribution in [0.3, 0.4) is 0 Å². The van der Waals surface area contributed by atoms with E-state index in [1.165, 1.54) is 6.26 Å². The topological polar surface area (TPSA) is 99.9 Å². The Balaban J connectivity index is 1.64. The SMILES string of the molecule is O=C(N[C@@H]1CC[C@H](C(=O)O)C1)C1CCCCN1C(=O)c1ccco1. The Bertz CT molecular complexity index is 613. The number of hydrogen-bond donors (Lipinski definition) is 2. The lowest BCUT2D eigenvalue weighted by molar-refractivity contribution is -0.141. The van der Waals surface area contributed by atoms with Crippen LogP contribution in [0.15, 0.2) is 22.8 Å². The molecule has 3 rings (SSSR count). The summed E-state index contributed by atoms with van der Waals surface area (Å²) < 4.78 is 5.16. The highest BCUT2D eigenvalue weighted by Crippen LogP contribution is 2.27. The molecule has 1 aliphatic heterocycles. The van der Waals surface area contributed by atoms with Crippen LogP contribution in [0.4, 0.5) is 0 Å². The summed E-state index contributed by atoms with van der Waals surface area (Å²) in [6.45, 7) is 0.528. The number of furan rings is 1. The molecule has 7 nitrogen and oxygen atoms in total. The van der Waals surface area contributed by atoms with E-state index in [2.05, 4.69) is 5.32 Å². The molecule has 0 radical (unpaired) electrons. The number of carboxylic acids is 1. The van der Waals surface area contributed by atoms with Gasteiger partial charge in [-0.15, -0.1) is 0 Å². The molecule has 1 aliphatic carbocycles. The molecule has 1 saturated carbocycles. The number of carboxylic acid groups (broad SMARTS) is 1. The van der Waals surface area contributed by atoms with Crippen LogP contribution in [0, 0.1) is 5.92 Å². The average Bonchev–Trinajstić information content (AvgIpc) is 3.26. The van der Waals surface area contributed by atoms with Crippen molar-refractivity contribution < 1.29 is 23.9 Å². The van der Waals surface area contributed by atoms with E-state index in [1.807, 2.05) is 0 Å². The first-order chi connectivity index (χ1) is 11.6. The quantitative estimate of drug-likeness (QED) is 0.872. The molecule has 2 N–H and O–H groups in total. The fraction of sp³-hybridized carbons (Fsp3) is 0.588. The number of nitrogens with zero attached hydrogens (tertiary/aromatic N) is 1. The third kappa shape index (κ3) is 3.44. The molecule has 24 heavy (non-hydrogen) atoms. The van der Waals surface area contributed by atoms with E-state index in [4.69, 9.17) is 9.52 Å². The number of nitrogens with one attached hydrogen (secondary N) is 1. The lowest BCUT2D eigenvalue weighted by Gasteiger charge is -2.34. The van der Waals surface area contributed by atoms with E-state index in [-0.39, 0.29) is 29.5 Å². The Kier molecular flexibility index (Phi) is 4.87. The first-order valence-electron chi connectivity index (χ1n) is 8.44. The molecule has 1 aromatic rings. The minimum atomic E-state index is -0.806. The summed E-state index contributed by atoms with van der Waals surface area (Å²) in [6, 6.07) is 2.61. The molecule has 3 atom stereocenters. The van der Waals surface area contributed by atoms with Crippen LogP contribution in [0.25, 0.3) is 0 Å². The van der Waals surface area contributed by atoms with Crippen molar-refractivity contribution >= 4 is 17.8 Å². The maximum absolute atomic E-state index is 12.6. The van der Waals surface area contributed by atoms with Crippen molar-refractivity contribution in [3.05, 3.63) is 24.2 Å². The van der Waals surface area contributed by atoms with Gasteiger partial charge < -0.3 is 19.7 Å². The van der Waals surface area contributed by atoms with E-state index in [0.29, 0.717) is 32.2 Å². The average molecular weight is 334 g/mol. The molecule has 130 valence electrons. The highest BCUT2D eigenvalue weighted by Gasteiger charge is 2.36. The third-order valence-corrected chi connectivity index (χ3v) is 4.93. The van der Waals surface area contributed by atoms with Gasteiger partial charge in [-0.2, -0.15) is 0 Å². The van der Waals surface area contributed by atoms with Crippen LogP contribution in [-0.2, 0) is 9.59 Å². The van der Waals surface area contributed by atoms with Crippen molar-refractivity contribution in [2.24, 2.45) is 5.92 Å². The van der Waals surface area contributed by atoms with Crippen LogP contribution in [0.5, 0.6) is 0 Å². The second kappa shape index (κ2) is 7.07. The standard InChI is InChI=1S/C17H22N2O5/c20-15(18-12-7-6-11(10-12)17(22)23)13-4-1-2-8-19(13)16(21)14-5-3-9-24-14/h3,5,9,11-13H,1-2,4,6-8,10H2,(H,18,20)(H,22,23)/t11-,12+,13?/m0/s1. The van der Waals surface area contributed by atoms with Crippen molar-refractivity contribution in [1.29, 1.82) is 0 Å². The van der Waals surface area contributed by atoms with Crippen LogP contribution in [-0.4, -0.2) is 46.4 Å². The van der Waals surface area contributed by atoms with Gasteiger partial charge in [0.15, 0.2) is 5.76 Å². The zero-order valence-electron chi connectivity index (χ0n) is 13.4. The Morgan fingerprint density at radius 1 is 1.21 bits per heavy atom. The second-order valence-corrected chi connectivity index (χ2v) is 6.54. The number of aliphatic carboxylic acids is 1. The van der Waals surface area contributed by atoms with Crippen LogP contribution in [0.2, 0.25) is 0 Å². The summed E-state index contributed by atoms with van der Waals surface area (Å²) in [5.74, 6) is -1.41. The number of piperidine rings is 1. The van der Waals surface area contributed by atoms with Crippen LogP contribution < -0.4 is 5.32 Å². The van der Waals surface area contributed by atoms with Gasteiger partial charge in [-0.1, -0.05) is 0 Å². The van der Waals surface area contributed by atoms with E-state index in [9.17, 15) is 14.4 Å². The first-order valence-corrected chi connectivity index (χ1v) is 8.44. The van der Waals surface area contributed by atoms with E-state index >= 15 is 0 Å². The number of hydrogen-bond acceptors (Lipinski definition) is 4. The Morgan fingerprint density at radius 3 is 2.71 bits per heavy atom. The highest BCUT2D eigenvalue weighted by atomic mass is 16.4. The number of carbonyl (C=O) groups excluding carboxylic acids is 2. The molecular formula is C17H22N2O5. The summed E-state index contributed by atoms with van der Waals surface area (Å²) in [5, 5.41) is 12.0. The van der Waals surface area contributed by atoms with Gasteiger partial charge in [-0.05, 0) is 50.7 Å². The molecule has 1 saturated heterocycles. The van der Waals surface area contributed by atoms with Gasteiger partial charge in [-0.25, -0.2) is 0 Å². The van der Waals surface area contributed by atoms with Gasteiger partial charge in [0.05, 0.1) is 12.2 Å². The summed E-state index contributed by atoms with van der Waals surface area (Å²) in [7, 11) is 0. The lowest BCUT2D eigenvalue weighted by Crippen LogP contribution is -2.53. The molecule has 2 fully saturated rings. The third-order valence-electron chi connectivity index (χ3n) is 4.93. The van der Waals surface area contributed by atoms with Gasteiger partial charge >= 0.3 is 5.97 Å². The minimum Gasteiger partial charge on any atom is -0.481 e. The number of rotatable bonds is 4. The Labute approximate surface area is 140 Å². The first kappa shape index (κ1) is 16.5. The zero-order chi connectivity index (χ0) is 17.1. The molecule has 0 spiro atoms. The van der Waals surface area contributed by atoms with Crippen molar-refractivity contribution in [1.82, 2.24) is 10.2 Å². The maximum Gasteiger partial charge on any atom is 0.306 e. The van der Waals surface area contributed by atoms with Gasteiger partial charge in [0, 0.05) is 12.6 Å². The molecule has 1 aromatic heterocycles. The monoisotopic (exact) mass is 334 g/mol. The summed E-state index contributed by atoms with van der Waals surface area (Å²) in [4.78, 5) is 37.8. The van der Waals surface area contributed by atoms with Crippen molar-refractivity contribution in [3.8, 4) is 0 Å². The summed E-state index contributed by atoms with van der Waals surface area (Å²) in [5.41, 5.74) is 0. The predicted molar refractivity (Wildman–Crippen MR) is 84.3 cm³/mol. The molecule has 2 heterocycles. The second-order valence-electron chi connectivity index (χ2n) is 6.54. The van der Waals surface area contributed by atoms with Crippen LogP contribution in [0.1, 0.15) is 49.1 Å². The number of carbonyl (C=O) groups is 3. The number of likely N-dealkylation sites (tertiary alicyclic amines) is 1.